The maximum Gasteiger partial charge on any atom is 0.316 e. The molecule has 0 unspecified atom stereocenters. The summed E-state index contributed by atoms with van der Waals surface area (Å²) in [6, 6.07) is 16.6. The molecule has 0 atom stereocenters. The Morgan fingerprint density at radius 1 is 1.00 bits per heavy atom. The summed E-state index contributed by atoms with van der Waals surface area (Å²) in [5.41, 5.74) is 1.88. The van der Waals surface area contributed by atoms with E-state index in [9.17, 15) is 9.59 Å². The van der Waals surface area contributed by atoms with Gasteiger partial charge in [-0.2, -0.15) is 4.98 Å². The molecule has 1 heterocycles. The molecule has 2 aromatic carbocycles. The highest BCUT2D eigenvalue weighted by Gasteiger charge is 2.15. The summed E-state index contributed by atoms with van der Waals surface area (Å²) >= 11 is 0. The molecule has 144 valence electrons. The van der Waals surface area contributed by atoms with E-state index in [0.29, 0.717) is 11.6 Å². The van der Waals surface area contributed by atoms with Gasteiger partial charge >= 0.3 is 11.8 Å². The van der Waals surface area contributed by atoms with Crippen molar-refractivity contribution in [2.45, 2.75) is 6.92 Å². The average molecular weight is 380 g/mol. The Hall–Kier alpha value is -3.68. The number of ether oxygens (including phenoxy) is 1. The largest absolute Gasteiger partial charge is 0.484 e. The number of aryl methyl sites for hydroxylation is 1. The van der Waals surface area contributed by atoms with Crippen LogP contribution in [0.2, 0.25) is 0 Å². The number of amides is 2. The Kier molecular flexibility index (Phi) is 6.35. The zero-order chi connectivity index (χ0) is 19.8. The lowest BCUT2D eigenvalue weighted by molar-refractivity contribution is -0.123. The molecule has 0 saturated heterocycles. The fourth-order valence-electron chi connectivity index (χ4n) is 2.31. The summed E-state index contributed by atoms with van der Waals surface area (Å²) in [5.74, 6) is 0.0516. The number of hydrogen-bond donors (Lipinski definition) is 2. The van der Waals surface area contributed by atoms with Crippen molar-refractivity contribution < 1.29 is 18.8 Å². The van der Waals surface area contributed by atoms with Crippen molar-refractivity contribution in [2.75, 3.05) is 19.7 Å². The first-order chi connectivity index (χ1) is 13.6. The van der Waals surface area contributed by atoms with Crippen LogP contribution in [-0.2, 0) is 4.79 Å². The maximum atomic E-state index is 12.1. The molecule has 0 bridgehead atoms. The normalized spacial score (nSPS) is 10.3. The number of benzene rings is 2. The van der Waals surface area contributed by atoms with Crippen LogP contribution >= 0.6 is 0 Å². The van der Waals surface area contributed by atoms with Crippen LogP contribution in [0.3, 0.4) is 0 Å². The second-order valence-corrected chi connectivity index (χ2v) is 6.00. The quantitative estimate of drug-likeness (QED) is 0.579. The molecule has 1 aromatic heterocycles. The molecule has 0 radical (unpaired) electrons. The molecule has 3 rings (SSSR count). The standard InChI is InChI=1S/C20H20N4O4/c1-14-7-9-15(10-8-14)18-23-20(28-24-18)19(26)22-12-11-21-17(25)13-27-16-5-3-2-4-6-16/h2-10H,11-13H2,1H3,(H,21,25)(H,22,26). The van der Waals surface area contributed by atoms with Crippen molar-refractivity contribution in [1.82, 2.24) is 20.8 Å². The van der Waals surface area contributed by atoms with Crippen molar-refractivity contribution in [1.29, 1.82) is 0 Å². The van der Waals surface area contributed by atoms with Crippen molar-refractivity contribution in [3.63, 3.8) is 0 Å². The van der Waals surface area contributed by atoms with Crippen LogP contribution in [0.25, 0.3) is 11.4 Å². The van der Waals surface area contributed by atoms with Crippen molar-refractivity contribution in [2.24, 2.45) is 0 Å². The summed E-state index contributed by atoms with van der Waals surface area (Å²) < 4.78 is 10.3. The Morgan fingerprint density at radius 3 is 2.46 bits per heavy atom. The molecule has 8 nitrogen and oxygen atoms in total. The highest BCUT2D eigenvalue weighted by atomic mass is 16.5. The number of aromatic nitrogens is 2. The van der Waals surface area contributed by atoms with Crippen LogP contribution in [-0.4, -0.2) is 41.7 Å². The minimum atomic E-state index is -0.499. The zero-order valence-electron chi connectivity index (χ0n) is 15.3. The Bertz CT molecular complexity index is 923. The summed E-state index contributed by atoms with van der Waals surface area (Å²) in [6.07, 6.45) is 0. The van der Waals surface area contributed by atoms with Gasteiger partial charge in [-0.3, -0.25) is 9.59 Å². The van der Waals surface area contributed by atoms with Gasteiger partial charge in [-0.05, 0) is 19.1 Å². The van der Waals surface area contributed by atoms with Gasteiger partial charge in [0.2, 0.25) is 5.82 Å². The molecule has 2 N–H and O–H groups in total. The van der Waals surface area contributed by atoms with E-state index in [1.54, 1.807) is 12.1 Å². The lowest BCUT2D eigenvalue weighted by atomic mass is 10.1. The molecule has 0 spiro atoms. The monoisotopic (exact) mass is 380 g/mol. The van der Waals surface area contributed by atoms with Crippen molar-refractivity contribution in [3.05, 3.63) is 66.1 Å². The number of rotatable bonds is 8. The SMILES string of the molecule is Cc1ccc(-c2noc(C(=O)NCCNC(=O)COc3ccccc3)n2)cc1. The number of para-hydroxylation sites is 1. The molecular weight excluding hydrogens is 360 g/mol. The fraction of sp³-hybridized carbons (Fsp3) is 0.200. The van der Waals surface area contributed by atoms with E-state index in [2.05, 4.69) is 20.8 Å². The van der Waals surface area contributed by atoms with Crippen LogP contribution in [0.4, 0.5) is 0 Å². The van der Waals surface area contributed by atoms with E-state index in [4.69, 9.17) is 9.26 Å². The Labute approximate surface area is 161 Å². The smallest absolute Gasteiger partial charge is 0.316 e. The van der Waals surface area contributed by atoms with Crippen LogP contribution in [0.1, 0.15) is 16.2 Å². The Morgan fingerprint density at radius 2 is 1.71 bits per heavy atom. The fourth-order valence-corrected chi connectivity index (χ4v) is 2.31. The van der Waals surface area contributed by atoms with E-state index in [0.717, 1.165) is 11.1 Å². The second-order valence-electron chi connectivity index (χ2n) is 6.00. The molecule has 28 heavy (non-hydrogen) atoms. The molecule has 0 aliphatic carbocycles. The van der Waals surface area contributed by atoms with E-state index in [1.807, 2.05) is 49.4 Å². The van der Waals surface area contributed by atoms with Gasteiger partial charge in [0, 0.05) is 18.7 Å². The van der Waals surface area contributed by atoms with Gasteiger partial charge in [0.05, 0.1) is 0 Å². The first-order valence-electron chi connectivity index (χ1n) is 8.75. The first kappa shape index (κ1) is 19.1. The topological polar surface area (TPSA) is 106 Å². The third kappa shape index (κ3) is 5.41. The van der Waals surface area contributed by atoms with Crippen LogP contribution in [0, 0.1) is 6.92 Å². The minimum absolute atomic E-state index is 0.0957. The molecule has 0 aliphatic heterocycles. The van der Waals surface area contributed by atoms with Gasteiger partial charge in [-0.15, -0.1) is 0 Å². The molecule has 2 amide bonds. The maximum absolute atomic E-state index is 12.1. The number of nitrogens with one attached hydrogen (secondary N) is 2. The molecule has 8 heteroatoms. The summed E-state index contributed by atoms with van der Waals surface area (Å²) in [7, 11) is 0. The highest BCUT2D eigenvalue weighted by Crippen LogP contribution is 2.16. The lowest BCUT2D eigenvalue weighted by Gasteiger charge is -2.07. The van der Waals surface area contributed by atoms with Crippen LogP contribution in [0.15, 0.2) is 59.1 Å². The third-order valence-corrected chi connectivity index (χ3v) is 3.78. The van der Waals surface area contributed by atoms with Crippen LogP contribution < -0.4 is 15.4 Å². The van der Waals surface area contributed by atoms with Gasteiger partial charge in [-0.25, -0.2) is 0 Å². The molecule has 0 aliphatic rings. The average Bonchev–Trinajstić information content (AvgIpc) is 3.21. The highest BCUT2D eigenvalue weighted by molar-refractivity contribution is 5.89. The van der Waals surface area contributed by atoms with E-state index >= 15 is 0 Å². The van der Waals surface area contributed by atoms with Gasteiger partial charge < -0.3 is 19.9 Å². The molecule has 3 aromatic rings. The summed E-state index contributed by atoms with van der Waals surface area (Å²) in [4.78, 5) is 27.9. The van der Waals surface area contributed by atoms with Gasteiger partial charge in [-0.1, -0.05) is 53.2 Å². The molecule has 0 saturated carbocycles. The first-order valence-corrected chi connectivity index (χ1v) is 8.75. The zero-order valence-corrected chi connectivity index (χ0v) is 15.3. The summed E-state index contributed by atoms with van der Waals surface area (Å²) in [5, 5.41) is 9.08. The predicted molar refractivity (Wildman–Crippen MR) is 102 cm³/mol. The molecule has 0 fully saturated rings. The number of nitrogens with zero attached hydrogens (tertiary/aromatic N) is 2. The van der Waals surface area contributed by atoms with Gasteiger partial charge in [0.15, 0.2) is 6.61 Å². The van der Waals surface area contributed by atoms with Crippen molar-refractivity contribution in [3.8, 4) is 17.1 Å². The van der Waals surface area contributed by atoms with Crippen LogP contribution in [0.5, 0.6) is 5.75 Å². The van der Waals surface area contributed by atoms with E-state index in [1.165, 1.54) is 0 Å². The number of carbonyl (C=O) groups is 2. The number of hydrogen-bond acceptors (Lipinski definition) is 6. The van der Waals surface area contributed by atoms with Gasteiger partial charge in [0.1, 0.15) is 5.75 Å². The minimum Gasteiger partial charge on any atom is -0.484 e. The third-order valence-electron chi connectivity index (χ3n) is 3.78. The van der Waals surface area contributed by atoms with E-state index < -0.39 is 5.91 Å². The predicted octanol–water partition coefficient (Wildman–Crippen LogP) is 1.97. The second kappa shape index (κ2) is 9.31. The van der Waals surface area contributed by atoms with Gasteiger partial charge in [0.25, 0.3) is 5.91 Å². The summed E-state index contributed by atoms with van der Waals surface area (Å²) in [6.45, 7) is 2.35. The Balaban J connectivity index is 1.38. The molecular formula is C20H20N4O4. The van der Waals surface area contributed by atoms with E-state index in [-0.39, 0.29) is 31.5 Å². The lowest BCUT2D eigenvalue weighted by Crippen LogP contribution is -2.36. The number of carbonyl (C=O) groups excluding carboxylic acids is 2. The van der Waals surface area contributed by atoms with Crippen molar-refractivity contribution >= 4 is 11.8 Å².